The molecule has 6 heteroatoms. The number of rotatable bonds is 4. The first-order valence-electron chi connectivity index (χ1n) is 6.30. The fourth-order valence-corrected chi connectivity index (χ4v) is 2.93. The number of aromatic nitrogens is 1. The van der Waals surface area contributed by atoms with Gasteiger partial charge in [-0.1, -0.05) is 31.5 Å². The highest BCUT2D eigenvalue weighted by Crippen LogP contribution is 2.31. The average molecular weight is 300 g/mol. The molecule has 0 bridgehead atoms. The molecule has 0 saturated carbocycles. The highest BCUT2D eigenvalue weighted by Gasteiger charge is 2.30. The van der Waals surface area contributed by atoms with Crippen LogP contribution in [0.25, 0.3) is 0 Å². The molecule has 0 aliphatic carbocycles. The Kier molecular flexibility index (Phi) is 4.32. The molecule has 1 aromatic heterocycles. The van der Waals surface area contributed by atoms with Gasteiger partial charge in [-0.05, 0) is 18.1 Å². The van der Waals surface area contributed by atoms with Crippen LogP contribution in [0.5, 0.6) is 0 Å². The minimum absolute atomic E-state index is 0.439. The van der Waals surface area contributed by atoms with Gasteiger partial charge in [0.1, 0.15) is 0 Å². The third-order valence-electron chi connectivity index (χ3n) is 2.90. The summed E-state index contributed by atoms with van der Waals surface area (Å²) in [6.07, 6.45) is -2.15. The second-order valence-corrected chi connectivity index (χ2v) is 5.66. The summed E-state index contributed by atoms with van der Waals surface area (Å²) in [5.74, 6) is 0. The van der Waals surface area contributed by atoms with E-state index in [9.17, 15) is 13.2 Å². The Balaban J connectivity index is 2.26. The second kappa shape index (κ2) is 5.83. The molecular formula is C14H15F3N2S. The van der Waals surface area contributed by atoms with E-state index in [0.717, 1.165) is 29.5 Å². The van der Waals surface area contributed by atoms with E-state index in [4.69, 9.17) is 5.73 Å². The molecule has 2 nitrogen and oxygen atoms in total. The van der Waals surface area contributed by atoms with Gasteiger partial charge in [0.15, 0.2) is 5.13 Å². The topological polar surface area (TPSA) is 38.9 Å². The maximum absolute atomic E-state index is 12.7. The fraction of sp³-hybridized carbons (Fsp3) is 0.357. The van der Waals surface area contributed by atoms with Crippen molar-refractivity contribution in [1.29, 1.82) is 0 Å². The molecule has 0 saturated heterocycles. The Morgan fingerprint density at radius 2 is 2.05 bits per heavy atom. The van der Waals surface area contributed by atoms with Gasteiger partial charge in [0.2, 0.25) is 0 Å². The lowest BCUT2D eigenvalue weighted by molar-refractivity contribution is -0.137. The van der Waals surface area contributed by atoms with Crippen LogP contribution in [-0.2, 0) is 19.0 Å². The predicted octanol–water partition coefficient (Wildman–Crippen LogP) is 4.29. The number of nitrogen functional groups attached to an aromatic ring is 1. The van der Waals surface area contributed by atoms with E-state index in [1.165, 1.54) is 23.5 Å². The first-order valence-corrected chi connectivity index (χ1v) is 7.12. The molecule has 1 aromatic carbocycles. The van der Waals surface area contributed by atoms with Crippen LogP contribution in [0.15, 0.2) is 24.3 Å². The number of benzene rings is 1. The number of alkyl halides is 3. The van der Waals surface area contributed by atoms with E-state index in [1.54, 1.807) is 6.07 Å². The minimum atomic E-state index is -4.31. The molecule has 0 spiro atoms. The zero-order valence-corrected chi connectivity index (χ0v) is 11.8. The van der Waals surface area contributed by atoms with Crippen molar-refractivity contribution in [2.45, 2.75) is 32.4 Å². The van der Waals surface area contributed by atoms with Gasteiger partial charge < -0.3 is 5.73 Å². The smallest absolute Gasteiger partial charge is 0.375 e. The van der Waals surface area contributed by atoms with E-state index in [1.807, 2.05) is 6.92 Å². The SMILES string of the molecule is CCCc1nc(N)sc1Cc1cccc(C(F)(F)F)c1. The lowest BCUT2D eigenvalue weighted by Gasteiger charge is -2.08. The van der Waals surface area contributed by atoms with Gasteiger partial charge in [-0.25, -0.2) is 4.98 Å². The third kappa shape index (κ3) is 3.50. The number of nitrogens with zero attached hydrogens (tertiary/aromatic N) is 1. The summed E-state index contributed by atoms with van der Waals surface area (Å²) in [6.45, 7) is 2.03. The molecule has 0 aliphatic rings. The van der Waals surface area contributed by atoms with Crippen molar-refractivity contribution in [1.82, 2.24) is 4.98 Å². The van der Waals surface area contributed by atoms with Crippen molar-refractivity contribution >= 4 is 16.5 Å². The Hall–Kier alpha value is -1.56. The summed E-state index contributed by atoms with van der Waals surface area (Å²) >= 11 is 1.35. The van der Waals surface area contributed by atoms with Crippen molar-refractivity contribution in [3.8, 4) is 0 Å². The largest absolute Gasteiger partial charge is 0.416 e. The Bertz CT molecular complexity index is 590. The maximum Gasteiger partial charge on any atom is 0.416 e. The van der Waals surface area contributed by atoms with Crippen LogP contribution in [0.2, 0.25) is 0 Å². The maximum atomic E-state index is 12.7. The molecule has 108 valence electrons. The Morgan fingerprint density at radius 1 is 1.30 bits per heavy atom. The van der Waals surface area contributed by atoms with Crippen LogP contribution < -0.4 is 5.73 Å². The van der Waals surface area contributed by atoms with Crippen molar-refractivity contribution < 1.29 is 13.2 Å². The molecule has 2 rings (SSSR count). The van der Waals surface area contributed by atoms with Gasteiger partial charge in [0.25, 0.3) is 0 Å². The van der Waals surface area contributed by atoms with Crippen LogP contribution in [0.3, 0.4) is 0 Å². The number of hydrogen-bond acceptors (Lipinski definition) is 3. The summed E-state index contributed by atoms with van der Waals surface area (Å²) < 4.78 is 38.0. The van der Waals surface area contributed by atoms with Gasteiger partial charge in [-0.2, -0.15) is 13.2 Å². The van der Waals surface area contributed by atoms with E-state index in [0.29, 0.717) is 17.1 Å². The Labute approximate surface area is 119 Å². The van der Waals surface area contributed by atoms with Gasteiger partial charge in [0, 0.05) is 11.3 Å². The van der Waals surface area contributed by atoms with E-state index in [-0.39, 0.29) is 0 Å². The minimum Gasteiger partial charge on any atom is -0.375 e. The second-order valence-electron chi connectivity index (χ2n) is 4.55. The zero-order chi connectivity index (χ0) is 14.8. The van der Waals surface area contributed by atoms with Crippen molar-refractivity contribution in [3.63, 3.8) is 0 Å². The summed E-state index contributed by atoms with van der Waals surface area (Å²) in [5, 5.41) is 0.468. The molecule has 0 atom stereocenters. The number of hydrogen-bond donors (Lipinski definition) is 1. The van der Waals surface area contributed by atoms with Crippen LogP contribution in [-0.4, -0.2) is 4.98 Å². The monoisotopic (exact) mass is 300 g/mol. The first-order chi connectivity index (χ1) is 9.40. The molecule has 0 fully saturated rings. The number of aryl methyl sites for hydroxylation is 1. The highest BCUT2D eigenvalue weighted by molar-refractivity contribution is 7.15. The summed E-state index contributed by atoms with van der Waals surface area (Å²) in [7, 11) is 0. The summed E-state index contributed by atoms with van der Waals surface area (Å²) in [6, 6.07) is 5.39. The fourth-order valence-electron chi connectivity index (χ4n) is 2.02. The molecule has 0 amide bonds. The van der Waals surface area contributed by atoms with Gasteiger partial charge >= 0.3 is 6.18 Å². The molecular weight excluding hydrogens is 285 g/mol. The quantitative estimate of drug-likeness (QED) is 0.915. The zero-order valence-electron chi connectivity index (χ0n) is 11.0. The van der Waals surface area contributed by atoms with E-state index >= 15 is 0 Å². The molecule has 1 heterocycles. The molecule has 0 radical (unpaired) electrons. The molecule has 20 heavy (non-hydrogen) atoms. The first kappa shape index (κ1) is 14.8. The third-order valence-corrected chi connectivity index (χ3v) is 3.83. The molecule has 2 N–H and O–H groups in total. The lowest BCUT2D eigenvalue weighted by atomic mass is 10.1. The molecule has 0 aliphatic heterocycles. The van der Waals surface area contributed by atoms with Crippen molar-refractivity contribution in [3.05, 3.63) is 46.0 Å². The number of thiazole rings is 1. The molecule has 0 unspecified atom stereocenters. The van der Waals surface area contributed by atoms with Gasteiger partial charge in [-0.3, -0.25) is 0 Å². The van der Waals surface area contributed by atoms with Crippen molar-refractivity contribution in [2.75, 3.05) is 5.73 Å². The normalized spacial score (nSPS) is 11.8. The number of anilines is 1. The van der Waals surface area contributed by atoms with Crippen LogP contribution >= 0.6 is 11.3 Å². The lowest BCUT2D eigenvalue weighted by Crippen LogP contribution is -2.05. The Morgan fingerprint density at radius 3 is 2.70 bits per heavy atom. The van der Waals surface area contributed by atoms with Crippen LogP contribution in [0.4, 0.5) is 18.3 Å². The van der Waals surface area contributed by atoms with E-state index < -0.39 is 11.7 Å². The number of halogens is 3. The van der Waals surface area contributed by atoms with Gasteiger partial charge in [-0.15, -0.1) is 11.3 Å². The van der Waals surface area contributed by atoms with Crippen LogP contribution in [0, 0.1) is 0 Å². The average Bonchev–Trinajstić information content (AvgIpc) is 2.69. The van der Waals surface area contributed by atoms with E-state index in [2.05, 4.69) is 4.98 Å². The molecule has 2 aromatic rings. The van der Waals surface area contributed by atoms with Crippen molar-refractivity contribution in [2.24, 2.45) is 0 Å². The van der Waals surface area contributed by atoms with Crippen LogP contribution in [0.1, 0.15) is 35.0 Å². The van der Waals surface area contributed by atoms with Gasteiger partial charge in [0.05, 0.1) is 11.3 Å². The predicted molar refractivity (Wildman–Crippen MR) is 74.8 cm³/mol. The summed E-state index contributed by atoms with van der Waals surface area (Å²) in [5.41, 5.74) is 6.59. The number of nitrogens with two attached hydrogens (primary N) is 1. The standard InChI is InChI=1S/C14H15F3N2S/c1-2-4-11-12(20-13(18)19-11)8-9-5-3-6-10(7-9)14(15,16)17/h3,5-7H,2,4,8H2,1H3,(H2,18,19). The summed E-state index contributed by atoms with van der Waals surface area (Å²) in [4.78, 5) is 5.19. The highest BCUT2D eigenvalue weighted by atomic mass is 32.1.